The Morgan fingerprint density at radius 2 is 1.94 bits per heavy atom. The maximum Gasteiger partial charge on any atom is 0.0876 e. The Bertz CT molecular complexity index is 192. The summed E-state index contributed by atoms with van der Waals surface area (Å²) >= 11 is 0. The highest BCUT2D eigenvalue weighted by atomic mass is 16.5. The van der Waals surface area contributed by atoms with Crippen LogP contribution in [-0.4, -0.2) is 38.5 Å². The van der Waals surface area contributed by atoms with Gasteiger partial charge in [0.15, 0.2) is 0 Å². The van der Waals surface area contributed by atoms with Crippen LogP contribution in [-0.2, 0) is 9.47 Å². The van der Waals surface area contributed by atoms with Gasteiger partial charge in [0.1, 0.15) is 0 Å². The van der Waals surface area contributed by atoms with E-state index in [1.807, 2.05) is 0 Å². The predicted molar refractivity (Wildman–Crippen MR) is 64.6 cm³/mol. The zero-order valence-electron chi connectivity index (χ0n) is 10.4. The molecule has 16 heavy (non-hydrogen) atoms. The van der Waals surface area contributed by atoms with Crippen LogP contribution < -0.4 is 5.32 Å². The summed E-state index contributed by atoms with van der Waals surface area (Å²) in [5.41, 5.74) is 0. The molecule has 3 atom stereocenters. The lowest BCUT2D eigenvalue weighted by Gasteiger charge is -2.35. The summed E-state index contributed by atoms with van der Waals surface area (Å²) in [6.45, 7) is 6.28. The molecular formula is C13H25NO2. The van der Waals surface area contributed by atoms with Crippen molar-refractivity contribution < 1.29 is 9.47 Å². The minimum absolute atomic E-state index is 0.348. The van der Waals surface area contributed by atoms with Gasteiger partial charge in [-0.15, -0.1) is 0 Å². The summed E-state index contributed by atoms with van der Waals surface area (Å²) in [7, 11) is 0. The van der Waals surface area contributed by atoms with Crippen molar-refractivity contribution in [2.24, 2.45) is 5.92 Å². The second-order valence-corrected chi connectivity index (χ2v) is 4.99. The van der Waals surface area contributed by atoms with Gasteiger partial charge in [0, 0.05) is 25.7 Å². The number of hydrogen-bond donors (Lipinski definition) is 1. The Labute approximate surface area is 98.9 Å². The molecule has 0 radical (unpaired) electrons. The second kappa shape index (κ2) is 6.58. The molecule has 2 aliphatic rings. The third-order valence-electron chi connectivity index (χ3n) is 3.66. The lowest BCUT2D eigenvalue weighted by Crippen LogP contribution is -2.43. The van der Waals surface area contributed by atoms with E-state index in [0.717, 1.165) is 26.3 Å². The highest BCUT2D eigenvalue weighted by Gasteiger charge is 2.34. The van der Waals surface area contributed by atoms with E-state index in [9.17, 15) is 0 Å². The van der Waals surface area contributed by atoms with Crippen LogP contribution in [0.1, 0.15) is 39.0 Å². The van der Waals surface area contributed by atoms with Crippen LogP contribution in [0.15, 0.2) is 0 Å². The maximum atomic E-state index is 5.94. The van der Waals surface area contributed by atoms with E-state index in [-0.39, 0.29) is 0 Å². The Morgan fingerprint density at radius 3 is 2.69 bits per heavy atom. The first-order chi connectivity index (χ1) is 7.92. The van der Waals surface area contributed by atoms with Gasteiger partial charge in [-0.05, 0) is 38.6 Å². The summed E-state index contributed by atoms with van der Waals surface area (Å²) < 4.78 is 11.7. The topological polar surface area (TPSA) is 30.5 Å². The quantitative estimate of drug-likeness (QED) is 0.728. The van der Waals surface area contributed by atoms with Gasteiger partial charge >= 0.3 is 0 Å². The van der Waals surface area contributed by atoms with E-state index in [4.69, 9.17) is 9.47 Å². The highest BCUT2D eigenvalue weighted by Crippen LogP contribution is 2.29. The van der Waals surface area contributed by atoms with Crippen molar-refractivity contribution in [3.8, 4) is 0 Å². The fraction of sp³-hybridized carbons (Fsp3) is 1.00. The molecule has 0 bridgehead atoms. The lowest BCUT2D eigenvalue weighted by molar-refractivity contribution is -0.0998. The smallest absolute Gasteiger partial charge is 0.0876 e. The SMILES string of the molecule is CCCNCC1CCCOC1C1CCCO1. The molecule has 0 aromatic heterocycles. The van der Waals surface area contributed by atoms with Gasteiger partial charge in [-0.25, -0.2) is 0 Å². The molecule has 0 spiro atoms. The highest BCUT2D eigenvalue weighted by molar-refractivity contribution is 4.85. The van der Waals surface area contributed by atoms with Crippen LogP contribution in [0.5, 0.6) is 0 Å². The van der Waals surface area contributed by atoms with Crippen molar-refractivity contribution in [1.29, 1.82) is 0 Å². The first-order valence-corrected chi connectivity index (χ1v) is 6.85. The van der Waals surface area contributed by atoms with Crippen LogP contribution in [0.4, 0.5) is 0 Å². The molecule has 3 heteroatoms. The monoisotopic (exact) mass is 227 g/mol. The van der Waals surface area contributed by atoms with Crippen LogP contribution in [0.2, 0.25) is 0 Å². The third kappa shape index (κ3) is 3.19. The van der Waals surface area contributed by atoms with Crippen molar-refractivity contribution >= 4 is 0 Å². The molecule has 2 rings (SSSR count). The van der Waals surface area contributed by atoms with Gasteiger partial charge < -0.3 is 14.8 Å². The van der Waals surface area contributed by atoms with E-state index in [2.05, 4.69) is 12.2 Å². The molecule has 0 aromatic carbocycles. The molecule has 2 heterocycles. The first-order valence-electron chi connectivity index (χ1n) is 6.85. The molecule has 94 valence electrons. The van der Waals surface area contributed by atoms with Crippen LogP contribution in [0.3, 0.4) is 0 Å². The van der Waals surface area contributed by atoms with E-state index in [1.54, 1.807) is 0 Å². The summed E-state index contributed by atoms with van der Waals surface area (Å²) in [5, 5.41) is 3.52. The predicted octanol–water partition coefficient (Wildman–Crippen LogP) is 1.96. The minimum Gasteiger partial charge on any atom is -0.376 e. The number of hydrogen-bond acceptors (Lipinski definition) is 3. The zero-order valence-corrected chi connectivity index (χ0v) is 10.4. The molecule has 3 nitrogen and oxygen atoms in total. The van der Waals surface area contributed by atoms with Crippen LogP contribution in [0.25, 0.3) is 0 Å². The van der Waals surface area contributed by atoms with Crippen LogP contribution >= 0.6 is 0 Å². The normalized spacial score (nSPS) is 35.4. The molecule has 2 aliphatic heterocycles. The minimum atomic E-state index is 0.348. The Hall–Kier alpha value is -0.120. The average molecular weight is 227 g/mol. The van der Waals surface area contributed by atoms with Gasteiger partial charge in [0.05, 0.1) is 12.2 Å². The molecule has 3 unspecified atom stereocenters. The Balaban J connectivity index is 1.81. The maximum absolute atomic E-state index is 5.94. The van der Waals surface area contributed by atoms with Gasteiger partial charge in [0.25, 0.3) is 0 Å². The fourth-order valence-corrected chi connectivity index (χ4v) is 2.82. The molecule has 0 aliphatic carbocycles. The van der Waals surface area contributed by atoms with E-state index >= 15 is 0 Å². The molecule has 1 N–H and O–H groups in total. The molecular weight excluding hydrogens is 202 g/mol. The summed E-state index contributed by atoms with van der Waals surface area (Å²) in [6, 6.07) is 0. The van der Waals surface area contributed by atoms with Gasteiger partial charge in [-0.1, -0.05) is 6.92 Å². The van der Waals surface area contributed by atoms with Gasteiger partial charge in [-0.3, -0.25) is 0 Å². The van der Waals surface area contributed by atoms with Crippen molar-refractivity contribution in [2.75, 3.05) is 26.3 Å². The number of nitrogens with one attached hydrogen (secondary N) is 1. The number of ether oxygens (including phenoxy) is 2. The molecule has 0 saturated carbocycles. The van der Waals surface area contributed by atoms with Crippen molar-refractivity contribution in [3.05, 3.63) is 0 Å². The van der Waals surface area contributed by atoms with Crippen LogP contribution in [0, 0.1) is 5.92 Å². The van der Waals surface area contributed by atoms with Crippen molar-refractivity contribution in [3.63, 3.8) is 0 Å². The second-order valence-electron chi connectivity index (χ2n) is 4.99. The van der Waals surface area contributed by atoms with Crippen molar-refractivity contribution in [2.45, 2.75) is 51.2 Å². The standard InChI is InChI=1S/C13H25NO2/c1-2-7-14-10-11-5-3-9-16-13(11)12-6-4-8-15-12/h11-14H,2-10H2,1H3. The van der Waals surface area contributed by atoms with Gasteiger partial charge in [0.2, 0.25) is 0 Å². The summed E-state index contributed by atoms with van der Waals surface area (Å²) in [6.07, 6.45) is 6.82. The molecule has 2 fully saturated rings. The zero-order chi connectivity index (χ0) is 11.2. The third-order valence-corrected chi connectivity index (χ3v) is 3.66. The van der Waals surface area contributed by atoms with E-state index in [0.29, 0.717) is 18.1 Å². The first kappa shape index (κ1) is 12.3. The van der Waals surface area contributed by atoms with E-state index in [1.165, 1.54) is 32.1 Å². The van der Waals surface area contributed by atoms with Gasteiger partial charge in [-0.2, -0.15) is 0 Å². The Morgan fingerprint density at radius 1 is 1.12 bits per heavy atom. The van der Waals surface area contributed by atoms with Crippen molar-refractivity contribution in [1.82, 2.24) is 5.32 Å². The summed E-state index contributed by atoms with van der Waals surface area (Å²) in [4.78, 5) is 0. The Kier molecular flexibility index (Phi) is 5.07. The summed E-state index contributed by atoms with van der Waals surface area (Å²) in [5.74, 6) is 0.656. The number of rotatable bonds is 5. The molecule has 0 amide bonds. The lowest BCUT2D eigenvalue weighted by atomic mass is 9.89. The molecule has 0 aromatic rings. The average Bonchev–Trinajstić information content (AvgIpc) is 2.83. The molecule has 2 saturated heterocycles. The largest absolute Gasteiger partial charge is 0.376 e. The van der Waals surface area contributed by atoms with E-state index < -0.39 is 0 Å². The fourth-order valence-electron chi connectivity index (χ4n) is 2.82.